The molecular formula is C11H8F16S. The fourth-order valence-corrected chi connectivity index (χ4v) is 1.87. The molecule has 17 heteroatoms. The quantitative estimate of drug-likeness (QED) is 0.304. The third-order valence-electron chi connectivity index (χ3n) is 3.58. The minimum absolute atomic E-state index is 1.41. The van der Waals surface area contributed by atoms with E-state index in [2.05, 4.69) is 12.6 Å². The van der Waals surface area contributed by atoms with Crippen LogP contribution in [0.5, 0.6) is 0 Å². The standard InChI is InChI=1S/C11H8F16S/c1-4(12,11(25,26)27)6(15,16)8(19,20)10(23,24)9(21,22)7(17,18)5(13,14)2-3-28/h28H,2-3H2,1H3. The van der Waals surface area contributed by atoms with Crippen molar-refractivity contribution in [3.8, 4) is 0 Å². The second kappa shape index (κ2) is 6.89. The molecule has 1 atom stereocenters. The average molecular weight is 476 g/mol. The molecule has 0 spiro atoms. The van der Waals surface area contributed by atoms with Crippen LogP contribution in [-0.2, 0) is 0 Å². The second-order valence-corrected chi connectivity index (χ2v) is 6.00. The van der Waals surface area contributed by atoms with Gasteiger partial charge in [-0.3, -0.25) is 0 Å². The topological polar surface area (TPSA) is 0 Å². The van der Waals surface area contributed by atoms with Crippen LogP contribution in [0.4, 0.5) is 70.2 Å². The smallest absolute Gasteiger partial charge is 0.227 e. The Balaban J connectivity index is 6.63. The van der Waals surface area contributed by atoms with Gasteiger partial charge < -0.3 is 0 Å². The van der Waals surface area contributed by atoms with Crippen LogP contribution < -0.4 is 0 Å². The first kappa shape index (κ1) is 27.2. The van der Waals surface area contributed by atoms with Gasteiger partial charge in [-0.25, -0.2) is 4.39 Å². The predicted molar refractivity (Wildman–Crippen MR) is 63.7 cm³/mol. The van der Waals surface area contributed by atoms with Crippen molar-refractivity contribution in [3.63, 3.8) is 0 Å². The van der Waals surface area contributed by atoms with Crippen molar-refractivity contribution in [1.29, 1.82) is 0 Å². The minimum Gasteiger partial charge on any atom is -0.227 e. The maximum atomic E-state index is 13.3. The Hall–Kier alpha value is -0.770. The van der Waals surface area contributed by atoms with E-state index in [4.69, 9.17) is 0 Å². The molecule has 0 N–H and O–H groups in total. The predicted octanol–water partition coefficient (Wildman–Crippen LogP) is 6.41. The summed E-state index contributed by atoms with van der Waals surface area (Å²) < 4.78 is 208. The molecular weight excluding hydrogens is 468 g/mol. The number of halogens is 16. The van der Waals surface area contributed by atoms with Gasteiger partial charge in [0.1, 0.15) is 0 Å². The average Bonchev–Trinajstić information content (AvgIpc) is 2.44. The number of hydrogen-bond acceptors (Lipinski definition) is 1. The lowest BCUT2D eigenvalue weighted by molar-refractivity contribution is -0.445. The Morgan fingerprint density at radius 3 is 1.07 bits per heavy atom. The van der Waals surface area contributed by atoms with Crippen LogP contribution in [0.25, 0.3) is 0 Å². The Bertz CT molecular complexity index is 559. The zero-order chi connectivity index (χ0) is 23.4. The van der Waals surface area contributed by atoms with Gasteiger partial charge >= 0.3 is 41.7 Å². The fraction of sp³-hybridized carbons (Fsp3) is 1.00. The van der Waals surface area contributed by atoms with Crippen LogP contribution in [0.2, 0.25) is 0 Å². The molecule has 0 bridgehead atoms. The van der Waals surface area contributed by atoms with Gasteiger partial charge in [0, 0.05) is 6.42 Å². The molecule has 0 rings (SSSR count). The van der Waals surface area contributed by atoms with Gasteiger partial charge in [-0.2, -0.15) is 78.5 Å². The molecule has 0 amide bonds. The Morgan fingerprint density at radius 1 is 0.500 bits per heavy atom. The van der Waals surface area contributed by atoms with Crippen LogP contribution in [0.15, 0.2) is 0 Å². The molecule has 170 valence electrons. The van der Waals surface area contributed by atoms with Gasteiger partial charge in [-0.05, 0) is 12.7 Å². The highest BCUT2D eigenvalue weighted by Gasteiger charge is 2.93. The van der Waals surface area contributed by atoms with Crippen molar-refractivity contribution in [3.05, 3.63) is 0 Å². The molecule has 0 saturated carbocycles. The first-order chi connectivity index (χ1) is 11.8. The normalized spacial score (nSPS) is 18.2. The van der Waals surface area contributed by atoms with Gasteiger partial charge in [0.15, 0.2) is 0 Å². The van der Waals surface area contributed by atoms with Crippen LogP contribution in [0.1, 0.15) is 13.3 Å². The first-order valence-corrected chi connectivity index (χ1v) is 7.08. The zero-order valence-electron chi connectivity index (χ0n) is 12.9. The summed E-state index contributed by atoms with van der Waals surface area (Å²) in [6.45, 7) is -1.46. The van der Waals surface area contributed by atoms with Crippen molar-refractivity contribution >= 4 is 12.6 Å². The van der Waals surface area contributed by atoms with E-state index in [9.17, 15) is 70.2 Å². The summed E-state index contributed by atoms with van der Waals surface area (Å²) in [5, 5.41) is 0. The van der Waals surface area contributed by atoms with E-state index in [1.54, 1.807) is 0 Å². The summed E-state index contributed by atoms with van der Waals surface area (Å²) in [7, 11) is 0. The van der Waals surface area contributed by atoms with Crippen LogP contribution in [0.3, 0.4) is 0 Å². The monoisotopic (exact) mass is 476 g/mol. The number of thiol groups is 1. The van der Waals surface area contributed by atoms with Crippen LogP contribution in [0, 0.1) is 0 Å². The Morgan fingerprint density at radius 2 is 0.786 bits per heavy atom. The third kappa shape index (κ3) is 3.38. The molecule has 0 radical (unpaired) electrons. The number of rotatable bonds is 8. The van der Waals surface area contributed by atoms with Crippen molar-refractivity contribution < 1.29 is 70.2 Å². The highest BCUT2D eigenvalue weighted by atomic mass is 32.1. The van der Waals surface area contributed by atoms with E-state index >= 15 is 0 Å². The maximum absolute atomic E-state index is 13.3. The fourth-order valence-electron chi connectivity index (χ4n) is 1.59. The van der Waals surface area contributed by atoms with E-state index in [0.717, 1.165) is 0 Å². The summed E-state index contributed by atoms with van der Waals surface area (Å²) in [6.07, 6.45) is -9.52. The number of hydrogen-bond donors (Lipinski definition) is 1. The van der Waals surface area contributed by atoms with E-state index in [0.29, 0.717) is 0 Å². The van der Waals surface area contributed by atoms with Gasteiger partial charge in [-0.1, -0.05) is 0 Å². The minimum atomic E-state index is -8.27. The van der Waals surface area contributed by atoms with Crippen LogP contribution in [-0.4, -0.2) is 53.1 Å². The lowest BCUT2D eigenvalue weighted by Gasteiger charge is -2.44. The molecule has 0 aliphatic rings. The third-order valence-corrected chi connectivity index (χ3v) is 3.81. The van der Waals surface area contributed by atoms with Crippen molar-refractivity contribution in [2.75, 3.05) is 5.75 Å². The summed E-state index contributed by atoms with van der Waals surface area (Å²) in [6, 6.07) is 0. The van der Waals surface area contributed by atoms with Crippen LogP contribution >= 0.6 is 12.6 Å². The summed E-state index contributed by atoms with van der Waals surface area (Å²) in [5.41, 5.74) is -6.65. The van der Waals surface area contributed by atoms with E-state index in [1.807, 2.05) is 0 Å². The molecule has 0 aromatic carbocycles. The SMILES string of the molecule is CC(F)(C(F)(F)F)C(F)(F)C(F)(F)C(F)(F)C(F)(F)C(F)(F)C(F)(F)CCS. The molecule has 1 unspecified atom stereocenters. The van der Waals surface area contributed by atoms with Gasteiger partial charge in [0.25, 0.3) is 5.67 Å². The highest BCUT2D eigenvalue weighted by Crippen LogP contribution is 2.63. The molecule has 0 heterocycles. The van der Waals surface area contributed by atoms with Crippen molar-refractivity contribution in [2.24, 2.45) is 0 Å². The summed E-state index contributed by atoms with van der Waals surface area (Å²) in [5.74, 6) is -47.4. The highest BCUT2D eigenvalue weighted by molar-refractivity contribution is 7.80. The molecule has 0 aliphatic carbocycles. The second-order valence-electron chi connectivity index (χ2n) is 5.55. The maximum Gasteiger partial charge on any atom is 0.428 e. The lowest BCUT2D eigenvalue weighted by atomic mass is 9.85. The zero-order valence-corrected chi connectivity index (χ0v) is 13.8. The van der Waals surface area contributed by atoms with Crippen molar-refractivity contribution in [1.82, 2.24) is 0 Å². The molecule has 0 aromatic rings. The Kier molecular flexibility index (Phi) is 6.70. The number of alkyl halides is 16. The van der Waals surface area contributed by atoms with Gasteiger partial charge in [0.2, 0.25) is 0 Å². The van der Waals surface area contributed by atoms with Crippen molar-refractivity contribution in [2.45, 2.75) is 60.7 Å². The molecule has 0 aliphatic heterocycles. The molecule has 0 fully saturated rings. The first-order valence-electron chi connectivity index (χ1n) is 6.44. The summed E-state index contributed by atoms with van der Waals surface area (Å²) >= 11 is 2.90. The molecule has 0 nitrogen and oxygen atoms in total. The Labute approximate surface area is 150 Å². The largest absolute Gasteiger partial charge is 0.428 e. The van der Waals surface area contributed by atoms with E-state index < -0.39 is 66.5 Å². The molecule has 28 heavy (non-hydrogen) atoms. The molecule has 0 saturated heterocycles. The van der Waals surface area contributed by atoms with Gasteiger partial charge in [0.05, 0.1) is 0 Å². The van der Waals surface area contributed by atoms with Gasteiger partial charge in [-0.15, -0.1) is 0 Å². The van der Waals surface area contributed by atoms with E-state index in [-0.39, 0.29) is 0 Å². The van der Waals surface area contributed by atoms with E-state index in [1.165, 1.54) is 0 Å². The summed E-state index contributed by atoms with van der Waals surface area (Å²) in [4.78, 5) is 0. The lowest BCUT2D eigenvalue weighted by Crippen LogP contribution is -2.74. The molecule has 0 aromatic heterocycles.